The monoisotopic (exact) mass is 519 g/mol. The second-order valence-corrected chi connectivity index (χ2v) is 10.5. The van der Waals surface area contributed by atoms with Crippen molar-refractivity contribution >= 4 is 45.6 Å². The molecule has 0 fully saturated rings. The van der Waals surface area contributed by atoms with Crippen molar-refractivity contribution in [2.75, 3.05) is 20.0 Å². The molecule has 0 saturated carbocycles. The molecule has 6 nitrogen and oxygen atoms in total. The molecule has 0 bridgehead atoms. The maximum atomic E-state index is 13.7. The third-order valence-electron chi connectivity index (χ3n) is 6.33. The predicted molar refractivity (Wildman–Crippen MR) is 148 cm³/mol. The fourth-order valence-electron chi connectivity index (χ4n) is 4.71. The van der Waals surface area contributed by atoms with Crippen LogP contribution in [-0.4, -0.2) is 41.2 Å². The molecule has 0 N–H and O–H groups in total. The highest BCUT2D eigenvalue weighted by atomic mass is 32.2. The number of hydrogen-bond donors (Lipinski definition) is 0. The maximum absolute atomic E-state index is 13.7. The van der Waals surface area contributed by atoms with Crippen molar-refractivity contribution in [1.29, 1.82) is 0 Å². The Hall–Kier alpha value is -3.23. The van der Waals surface area contributed by atoms with Gasteiger partial charge in [-0.25, -0.2) is 5.01 Å². The third-order valence-corrected chi connectivity index (χ3v) is 8.28. The molecule has 1 atom stereocenters. The van der Waals surface area contributed by atoms with Crippen molar-refractivity contribution in [2.24, 2.45) is 5.10 Å². The number of methoxy groups -OCH3 is 2. The lowest BCUT2D eigenvalue weighted by molar-refractivity contribution is -0.130. The topological polar surface area (TPSA) is 56.1 Å². The van der Waals surface area contributed by atoms with E-state index in [2.05, 4.69) is 42.0 Å². The van der Waals surface area contributed by atoms with E-state index in [1.54, 1.807) is 42.3 Å². The van der Waals surface area contributed by atoms with Gasteiger partial charge in [0.05, 0.1) is 36.6 Å². The van der Waals surface area contributed by atoms with Crippen LogP contribution in [0.4, 0.5) is 0 Å². The number of benzene rings is 2. The second kappa shape index (κ2) is 10.8. The van der Waals surface area contributed by atoms with Gasteiger partial charge in [0.1, 0.15) is 0 Å². The van der Waals surface area contributed by atoms with Gasteiger partial charge in [-0.05, 0) is 30.0 Å². The van der Waals surface area contributed by atoms with Crippen molar-refractivity contribution < 1.29 is 14.3 Å². The maximum Gasteiger partial charge on any atom is 0.253 e. The van der Waals surface area contributed by atoms with Crippen molar-refractivity contribution in [3.8, 4) is 11.5 Å². The van der Waals surface area contributed by atoms with Gasteiger partial charge in [-0.3, -0.25) is 4.79 Å². The molecule has 1 aliphatic rings. The molecule has 2 aromatic heterocycles. The molecule has 0 saturated heterocycles. The number of nitrogens with zero attached hydrogens (tertiary/aromatic N) is 3. The molecule has 5 rings (SSSR count). The summed E-state index contributed by atoms with van der Waals surface area (Å²) in [7, 11) is 3.25. The summed E-state index contributed by atoms with van der Waals surface area (Å²) < 4.78 is 13.5. The van der Waals surface area contributed by atoms with E-state index in [9.17, 15) is 4.79 Å². The van der Waals surface area contributed by atoms with Crippen LogP contribution < -0.4 is 9.47 Å². The Morgan fingerprint density at radius 2 is 1.97 bits per heavy atom. The highest BCUT2D eigenvalue weighted by Crippen LogP contribution is 2.42. The van der Waals surface area contributed by atoms with Crippen molar-refractivity contribution in [3.63, 3.8) is 0 Å². The zero-order chi connectivity index (χ0) is 25.1. The van der Waals surface area contributed by atoms with Gasteiger partial charge in [0.15, 0.2) is 11.5 Å². The lowest BCUT2D eigenvalue weighted by Gasteiger charge is -2.24. The van der Waals surface area contributed by atoms with Crippen LogP contribution in [0.3, 0.4) is 0 Å². The van der Waals surface area contributed by atoms with E-state index in [4.69, 9.17) is 14.6 Å². The van der Waals surface area contributed by atoms with Crippen LogP contribution >= 0.6 is 23.1 Å². The van der Waals surface area contributed by atoms with Gasteiger partial charge in [-0.1, -0.05) is 43.3 Å². The molecule has 0 unspecified atom stereocenters. The summed E-state index contributed by atoms with van der Waals surface area (Å²) in [5.74, 6) is 1.55. The summed E-state index contributed by atoms with van der Waals surface area (Å²) in [4.78, 5) is 15.9. The average Bonchev–Trinajstić information content (AvgIpc) is 3.66. The number of hydrogen-bond acceptors (Lipinski definition) is 6. The van der Waals surface area contributed by atoms with Gasteiger partial charge in [-0.15, -0.1) is 23.1 Å². The van der Waals surface area contributed by atoms with Crippen LogP contribution in [0.25, 0.3) is 10.9 Å². The first-order valence-corrected chi connectivity index (χ1v) is 13.9. The first-order chi connectivity index (χ1) is 17.6. The van der Waals surface area contributed by atoms with Crippen LogP contribution in [0.1, 0.15) is 36.2 Å². The van der Waals surface area contributed by atoms with Crippen LogP contribution in [0.15, 0.2) is 76.2 Å². The number of para-hydroxylation sites is 2. The molecule has 0 spiro atoms. The van der Waals surface area contributed by atoms with Gasteiger partial charge in [0, 0.05) is 40.5 Å². The highest BCUT2D eigenvalue weighted by Gasteiger charge is 2.35. The quantitative estimate of drug-likeness (QED) is 0.234. The van der Waals surface area contributed by atoms with Gasteiger partial charge in [0.2, 0.25) is 0 Å². The summed E-state index contributed by atoms with van der Waals surface area (Å²) in [5.41, 5.74) is 3.01. The number of aryl methyl sites for hydroxylation is 1. The van der Waals surface area contributed by atoms with E-state index in [-0.39, 0.29) is 11.9 Å². The second-order valence-electron chi connectivity index (χ2n) is 8.56. The summed E-state index contributed by atoms with van der Waals surface area (Å²) >= 11 is 3.21. The number of thiophene rings is 1. The van der Waals surface area contributed by atoms with Crippen LogP contribution in [-0.2, 0) is 11.3 Å². The lowest BCUT2D eigenvalue weighted by Crippen LogP contribution is -2.28. The number of rotatable bonds is 9. The SMILES string of the molecule is CCCn1cc(SCC(=O)N2N=C(c3cccs3)C[C@@H]2c2cccc(OC)c2OC)c2ccccc21. The number of thioether (sulfide) groups is 1. The van der Waals surface area contributed by atoms with E-state index in [0.29, 0.717) is 23.7 Å². The zero-order valence-corrected chi connectivity index (χ0v) is 22.3. The van der Waals surface area contributed by atoms with E-state index >= 15 is 0 Å². The van der Waals surface area contributed by atoms with Gasteiger partial charge < -0.3 is 14.0 Å². The number of fused-ring (bicyclic) bond motifs is 1. The molecule has 3 heterocycles. The summed E-state index contributed by atoms with van der Waals surface area (Å²) in [5, 5.41) is 9.68. The Bertz CT molecular complexity index is 1390. The van der Waals surface area contributed by atoms with Gasteiger partial charge >= 0.3 is 0 Å². The first-order valence-electron chi connectivity index (χ1n) is 12.0. The van der Waals surface area contributed by atoms with E-state index < -0.39 is 0 Å². The van der Waals surface area contributed by atoms with Gasteiger partial charge in [0.25, 0.3) is 5.91 Å². The number of ether oxygens (including phenoxy) is 2. The van der Waals surface area contributed by atoms with Crippen LogP contribution in [0.5, 0.6) is 11.5 Å². The van der Waals surface area contributed by atoms with Crippen molar-refractivity contribution in [1.82, 2.24) is 9.58 Å². The molecule has 186 valence electrons. The fraction of sp³-hybridized carbons (Fsp3) is 0.286. The van der Waals surface area contributed by atoms with Crippen molar-refractivity contribution in [3.05, 3.63) is 76.6 Å². The zero-order valence-electron chi connectivity index (χ0n) is 20.6. The number of carbonyl (C=O) groups excluding carboxylic acids is 1. The Kier molecular flexibility index (Phi) is 7.34. The fourth-order valence-corrected chi connectivity index (χ4v) is 6.37. The molecular formula is C28H29N3O3S2. The number of amides is 1. The normalized spacial score (nSPS) is 15.4. The Labute approximate surface area is 219 Å². The molecule has 1 aliphatic heterocycles. The molecule has 8 heteroatoms. The molecule has 4 aromatic rings. The molecule has 0 radical (unpaired) electrons. The minimum atomic E-state index is -0.262. The minimum Gasteiger partial charge on any atom is -0.493 e. The van der Waals surface area contributed by atoms with E-state index in [1.165, 1.54) is 10.9 Å². The third kappa shape index (κ3) is 4.63. The molecule has 2 aromatic carbocycles. The lowest BCUT2D eigenvalue weighted by atomic mass is 9.99. The summed E-state index contributed by atoms with van der Waals surface area (Å²) in [6, 6.07) is 18.0. The molecule has 36 heavy (non-hydrogen) atoms. The van der Waals surface area contributed by atoms with Crippen LogP contribution in [0, 0.1) is 0 Å². The predicted octanol–water partition coefficient (Wildman–Crippen LogP) is 6.60. The summed E-state index contributed by atoms with van der Waals surface area (Å²) in [6.07, 6.45) is 3.84. The molecule has 0 aliphatic carbocycles. The number of hydrazone groups is 1. The molecule has 1 amide bonds. The van der Waals surface area contributed by atoms with E-state index in [1.807, 2.05) is 35.7 Å². The number of carbonyl (C=O) groups is 1. The smallest absolute Gasteiger partial charge is 0.253 e. The van der Waals surface area contributed by atoms with Crippen molar-refractivity contribution in [2.45, 2.75) is 37.2 Å². The Morgan fingerprint density at radius 1 is 1.11 bits per heavy atom. The first kappa shape index (κ1) is 24.5. The Morgan fingerprint density at radius 3 is 2.72 bits per heavy atom. The highest BCUT2D eigenvalue weighted by molar-refractivity contribution is 8.00. The van der Waals surface area contributed by atoms with E-state index in [0.717, 1.165) is 34.0 Å². The average molecular weight is 520 g/mol. The standard InChI is InChI=1S/C28H29N3O3S2/c1-4-14-30-17-26(19-9-5-6-11-22(19)30)36-18-27(32)31-23(16-21(29-31)25-13-8-15-35-25)20-10-7-12-24(33-2)28(20)34-3/h5-13,15,17,23H,4,14,16,18H2,1-3H3/t23-/m1/s1. The Balaban J connectivity index is 1.44. The number of aromatic nitrogens is 1. The molecular weight excluding hydrogens is 490 g/mol. The summed E-state index contributed by atoms with van der Waals surface area (Å²) in [6.45, 7) is 3.13. The van der Waals surface area contributed by atoms with Gasteiger partial charge in [-0.2, -0.15) is 5.10 Å². The van der Waals surface area contributed by atoms with Crippen LogP contribution in [0.2, 0.25) is 0 Å². The largest absolute Gasteiger partial charge is 0.493 e. The minimum absolute atomic E-state index is 0.0336.